The van der Waals surface area contributed by atoms with Crippen molar-refractivity contribution in [2.75, 3.05) is 38.7 Å². The second-order valence-electron chi connectivity index (χ2n) is 4.09. The van der Waals surface area contributed by atoms with Crippen LogP contribution in [0.3, 0.4) is 0 Å². The van der Waals surface area contributed by atoms with Crippen molar-refractivity contribution in [3.05, 3.63) is 11.6 Å². The van der Waals surface area contributed by atoms with Crippen LogP contribution in [0, 0.1) is 0 Å². The van der Waals surface area contributed by atoms with Gasteiger partial charge in [0.15, 0.2) is 15.8 Å². The van der Waals surface area contributed by atoms with E-state index in [9.17, 15) is 8.42 Å². The third kappa shape index (κ3) is 2.02. The van der Waals surface area contributed by atoms with Crippen molar-refractivity contribution in [2.45, 2.75) is 5.03 Å². The molecule has 0 amide bonds. The molecule has 2 aromatic heterocycles. The van der Waals surface area contributed by atoms with Gasteiger partial charge in [0.25, 0.3) is 10.0 Å². The lowest BCUT2D eigenvalue weighted by Gasteiger charge is -2.25. The first-order valence-corrected chi connectivity index (χ1v) is 8.18. The van der Waals surface area contributed by atoms with E-state index < -0.39 is 10.0 Å². The first-order chi connectivity index (χ1) is 9.14. The van der Waals surface area contributed by atoms with Gasteiger partial charge in [0.1, 0.15) is 0 Å². The Morgan fingerprint density at radius 2 is 2.16 bits per heavy atom. The zero-order valence-corrected chi connectivity index (χ0v) is 12.0. The van der Waals surface area contributed by atoms with E-state index in [1.54, 1.807) is 17.6 Å². The average molecular weight is 302 g/mol. The maximum absolute atomic E-state index is 12.7. The van der Waals surface area contributed by atoms with Crippen molar-refractivity contribution in [3.8, 4) is 0 Å². The van der Waals surface area contributed by atoms with Crippen LogP contribution in [0.15, 0.2) is 16.6 Å². The Labute approximate surface area is 114 Å². The normalized spacial score (nSPS) is 17.9. The van der Waals surface area contributed by atoms with Crippen LogP contribution in [0.2, 0.25) is 0 Å². The van der Waals surface area contributed by atoms with Gasteiger partial charge < -0.3 is 10.1 Å². The molecule has 1 aliphatic rings. The molecule has 0 aromatic carbocycles. The fraction of sp³-hybridized carbons (Fsp3) is 0.500. The molecule has 7 nitrogen and oxygen atoms in total. The molecule has 104 valence electrons. The summed E-state index contributed by atoms with van der Waals surface area (Å²) >= 11 is 1.40. The van der Waals surface area contributed by atoms with Crippen LogP contribution >= 0.6 is 11.3 Å². The molecule has 0 spiro atoms. The minimum atomic E-state index is -3.56. The van der Waals surface area contributed by atoms with Gasteiger partial charge in [0.05, 0.1) is 13.2 Å². The van der Waals surface area contributed by atoms with Crippen LogP contribution in [0.25, 0.3) is 4.96 Å². The van der Waals surface area contributed by atoms with Crippen LogP contribution in [0.4, 0.5) is 5.82 Å². The van der Waals surface area contributed by atoms with Crippen molar-refractivity contribution < 1.29 is 13.2 Å². The summed E-state index contributed by atoms with van der Waals surface area (Å²) in [5.74, 6) is 0.387. The van der Waals surface area contributed by atoms with E-state index >= 15 is 0 Å². The maximum Gasteiger partial charge on any atom is 0.263 e. The Morgan fingerprint density at radius 1 is 1.42 bits per heavy atom. The highest BCUT2D eigenvalue weighted by Crippen LogP contribution is 2.28. The van der Waals surface area contributed by atoms with Crippen LogP contribution in [0.1, 0.15) is 0 Å². The lowest BCUT2D eigenvalue weighted by Crippen LogP contribution is -2.41. The van der Waals surface area contributed by atoms with Crippen molar-refractivity contribution in [3.63, 3.8) is 0 Å². The minimum absolute atomic E-state index is 0.202. The van der Waals surface area contributed by atoms with Gasteiger partial charge in [-0.15, -0.1) is 11.3 Å². The standard InChI is InChI=1S/C10H14N4O3S2/c1-11-8-9(14-4-7-18-10(14)12-8)19(15,16)13-2-5-17-6-3-13/h4,7,11H,2-3,5-6H2,1H3. The summed E-state index contributed by atoms with van der Waals surface area (Å²) < 4.78 is 33.7. The molecule has 0 radical (unpaired) electrons. The number of anilines is 1. The molecule has 0 unspecified atom stereocenters. The minimum Gasteiger partial charge on any atom is -0.379 e. The molecule has 1 saturated heterocycles. The maximum atomic E-state index is 12.7. The number of hydrogen-bond donors (Lipinski definition) is 1. The molecule has 9 heteroatoms. The third-order valence-electron chi connectivity index (χ3n) is 3.01. The monoisotopic (exact) mass is 302 g/mol. The van der Waals surface area contributed by atoms with Gasteiger partial charge in [0.2, 0.25) is 0 Å². The van der Waals surface area contributed by atoms with Crippen molar-refractivity contribution in [1.82, 2.24) is 13.7 Å². The summed E-state index contributed by atoms with van der Waals surface area (Å²) in [4.78, 5) is 4.95. The van der Waals surface area contributed by atoms with E-state index in [0.29, 0.717) is 37.1 Å². The van der Waals surface area contributed by atoms with Crippen LogP contribution in [-0.4, -0.2) is 55.5 Å². The molecular weight excluding hydrogens is 288 g/mol. The zero-order valence-electron chi connectivity index (χ0n) is 10.4. The molecule has 3 heterocycles. The topological polar surface area (TPSA) is 75.9 Å². The van der Waals surface area contributed by atoms with E-state index in [-0.39, 0.29) is 5.03 Å². The number of hydrogen-bond acceptors (Lipinski definition) is 6. The summed E-state index contributed by atoms with van der Waals surface area (Å²) in [5.41, 5.74) is 0. The summed E-state index contributed by atoms with van der Waals surface area (Å²) in [7, 11) is -1.89. The van der Waals surface area contributed by atoms with E-state index in [0.717, 1.165) is 0 Å². The lowest BCUT2D eigenvalue weighted by atomic mass is 10.5. The Hall–Kier alpha value is -1.16. The molecule has 1 N–H and O–H groups in total. The number of morpholine rings is 1. The molecule has 3 rings (SSSR count). The first-order valence-electron chi connectivity index (χ1n) is 5.86. The van der Waals surface area contributed by atoms with Gasteiger partial charge in [-0.2, -0.15) is 4.31 Å². The molecule has 0 bridgehead atoms. The lowest BCUT2D eigenvalue weighted by molar-refractivity contribution is 0.0729. The molecule has 0 saturated carbocycles. The Balaban J connectivity index is 2.13. The number of rotatable bonds is 3. The Kier molecular flexibility index (Phi) is 3.21. The number of sulfonamides is 1. The predicted octanol–water partition coefficient (Wildman–Crippen LogP) is 0.458. The van der Waals surface area contributed by atoms with Crippen LogP contribution < -0.4 is 5.32 Å². The molecule has 1 fully saturated rings. The van der Waals surface area contributed by atoms with E-state index in [2.05, 4.69) is 10.3 Å². The van der Waals surface area contributed by atoms with Crippen LogP contribution in [0.5, 0.6) is 0 Å². The van der Waals surface area contributed by atoms with Gasteiger partial charge in [-0.05, 0) is 0 Å². The average Bonchev–Trinajstić information content (AvgIpc) is 2.98. The summed E-state index contributed by atoms with van der Waals surface area (Å²) in [5, 5.41) is 4.88. The number of fused-ring (bicyclic) bond motifs is 1. The highest BCUT2D eigenvalue weighted by molar-refractivity contribution is 7.89. The van der Waals surface area contributed by atoms with Crippen molar-refractivity contribution >= 4 is 32.1 Å². The van der Waals surface area contributed by atoms with Gasteiger partial charge >= 0.3 is 0 Å². The van der Waals surface area contributed by atoms with Gasteiger partial charge in [-0.1, -0.05) is 0 Å². The molecular formula is C10H14N4O3S2. The van der Waals surface area contributed by atoms with Crippen LogP contribution in [-0.2, 0) is 14.8 Å². The third-order valence-corrected chi connectivity index (χ3v) is 5.69. The highest BCUT2D eigenvalue weighted by Gasteiger charge is 2.32. The number of nitrogens with zero attached hydrogens (tertiary/aromatic N) is 3. The van der Waals surface area contributed by atoms with Crippen molar-refractivity contribution in [1.29, 1.82) is 0 Å². The predicted molar refractivity (Wildman–Crippen MR) is 72.2 cm³/mol. The fourth-order valence-corrected chi connectivity index (χ4v) is 4.52. The molecule has 19 heavy (non-hydrogen) atoms. The van der Waals surface area contributed by atoms with Gasteiger partial charge in [-0.3, -0.25) is 4.40 Å². The summed E-state index contributed by atoms with van der Waals surface area (Å²) in [6.45, 7) is 1.62. The molecule has 0 atom stereocenters. The number of thiazole rings is 1. The molecule has 1 aliphatic heterocycles. The fourth-order valence-electron chi connectivity index (χ4n) is 2.08. The van der Waals surface area contributed by atoms with Crippen molar-refractivity contribution in [2.24, 2.45) is 0 Å². The van der Waals surface area contributed by atoms with Gasteiger partial charge in [0, 0.05) is 31.7 Å². The summed E-state index contributed by atoms with van der Waals surface area (Å²) in [6, 6.07) is 0. The largest absolute Gasteiger partial charge is 0.379 e. The SMILES string of the molecule is CNc1nc2sccn2c1S(=O)(=O)N1CCOCC1. The Morgan fingerprint density at radius 3 is 2.84 bits per heavy atom. The Bertz CT molecular complexity index is 685. The zero-order chi connectivity index (χ0) is 13.5. The molecule has 2 aromatic rings. The second kappa shape index (κ2) is 4.75. The number of ether oxygens (including phenoxy) is 1. The number of aromatic nitrogens is 2. The highest BCUT2D eigenvalue weighted by atomic mass is 32.2. The van der Waals surface area contributed by atoms with E-state index in [4.69, 9.17) is 4.74 Å². The summed E-state index contributed by atoms with van der Waals surface area (Å²) in [6.07, 6.45) is 1.72. The van der Waals surface area contributed by atoms with E-state index in [1.165, 1.54) is 15.6 Å². The quantitative estimate of drug-likeness (QED) is 0.891. The molecule has 0 aliphatic carbocycles. The van der Waals surface area contributed by atoms with Gasteiger partial charge in [-0.25, -0.2) is 13.4 Å². The first kappa shape index (κ1) is 12.9. The smallest absolute Gasteiger partial charge is 0.263 e. The van der Waals surface area contributed by atoms with E-state index in [1.807, 2.05) is 5.38 Å². The second-order valence-corrected chi connectivity index (χ2v) is 6.81. The number of nitrogens with one attached hydrogen (secondary N) is 1. The number of imidazole rings is 1.